The van der Waals surface area contributed by atoms with Gasteiger partial charge in [-0.1, -0.05) is 122 Å². The van der Waals surface area contributed by atoms with Gasteiger partial charge in [0.1, 0.15) is 0 Å². The largest absolute Gasteiger partial charge is 0.325 e. The standard InChI is InChI=1S/C19H8Cl10N2S2/c1-5-2-3-6(30-32-18-14(26)10(22)8(20)11(23)15(18)27)4-7(5)31-33-19-16(28)12(24)9(21)13(25)17(19)29/h2-4,30-31H,1H3. The molecule has 176 valence electrons. The minimum Gasteiger partial charge on any atom is -0.325 e. The highest BCUT2D eigenvalue weighted by Crippen LogP contribution is 2.49. The molecule has 0 aliphatic carbocycles. The number of nitrogens with one attached hydrogen (secondary N) is 2. The van der Waals surface area contributed by atoms with Gasteiger partial charge in [-0.2, -0.15) is 0 Å². The molecule has 0 heterocycles. The van der Waals surface area contributed by atoms with Gasteiger partial charge in [0.15, 0.2) is 0 Å². The molecule has 0 saturated heterocycles. The molecular formula is C19H8Cl10N2S2. The normalized spacial score (nSPS) is 11.1. The maximum absolute atomic E-state index is 6.30. The number of halogens is 10. The lowest BCUT2D eigenvalue weighted by molar-refractivity contribution is 1.44. The zero-order valence-corrected chi connectivity index (χ0v) is 25.0. The predicted octanol–water partition coefficient (Wildman–Crippen LogP) is 12.8. The molecule has 0 amide bonds. The van der Waals surface area contributed by atoms with Gasteiger partial charge >= 0.3 is 0 Å². The summed E-state index contributed by atoms with van der Waals surface area (Å²) in [7, 11) is 0. The summed E-state index contributed by atoms with van der Waals surface area (Å²) >= 11 is 64.1. The second kappa shape index (κ2) is 11.9. The van der Waals surface area contributed by atoms with Crippen molar-refractivity contribution in [2.45, 2.75) is 16.7 Å². The summed E-state index contributed by atoms with van der Waals surface area (Å²) in [5.74, 6) is 0. The van der Waals surface area contributed by atoms with Gasteiger partial charge in [-0.25, -0.2) is 0 Å². The molecule has 14 heteroatoms. The van der Waals surface area contributed by atoms with E-state index in [0.29, 0.717) is 9.79 Å². The Labute approximate surface area is 249 Å². The quantitative estimate of drug-likeness (QED) is 0.154. The Morgan fingerprint density at radius 1 is 0.515 bits per heavy atom. The third-order valence-corrected chi connectivity index (χ3v) is 11.0. The SMILES string of the molecule is Cc1ccc(NSc2c(Cl)c(Cl)c(Cl)c(Cl)c2Cl)cc1NSc1c(Cl)c(Cl)c(Cl)c(Cl)c1Cl. The smallest absolute Gasteiger partial charge is 0.0809 e. The van der Waals surface area contributed by atoms with E-state index < -0.39 is 0 Å². The van der Waals surface area contributed by atoms with E-state index >= 15 is 0 Å². The molecule has 0 spiro atoms. The van der Waals surface area contributed by atoms with Gasteiger partial charge in [0, 0.05) is 11.4 Å². The summed E-state index contributed by atoms with van der Waals surface area (Å²) in [5, 5.41) is 1.43. The van der Waals surface area contributed by atoms with Crippen LogP contribution in [0, 0.1) is 6.92 Å². The van der Waals surface area contributed by atoms with Crippen molar-refractivity contribution in [3.8, 4) is 0 Å². The maximum Gasteiger partial charge on any atom is 0.0809 e. The fraction of sp³-hybridized carbons (Fsp3) is 0.0526. The van der Waals surface area contributed by atoms with Crippen LogP contribution in [0.15, 0.2) is 28.0 Å². The fourth-order valence-corrected chi connectivity index (χ4v) is 6.87. The van der Waals surface area contributed by atoms with Crippen LogP contribution in [0.3, 0.4) is 0 Å². The first kappa shape index (κ1) is 28.4. The second-order valence-electron chi connectivity index (χ2n) is 6.24. The van der Waals surface area contributed by atoms with Crippen molar-refractivity contribution < 1.29 is 0 Å². The molecule has 0 aliphatic rings. The van der Waals surface area contributed by atoms with Gasteiger partial charge in [0.05, 0.1) is 60.0 Å². The summed E-state index contributed by atoms with van der Waals surface area (Å²) in [5.41, 5.74) is 2.45. The van der Waals surface area contributed by atoms with Crippen molar-refractivity contribution >= 4 is 151 Å². The van der Waals surface area contributed by atoms with Crippen LogP contribution in [-0.2, 0) is 0 Å². The molecule has 0 radical (unpaired) electrons. The molecule has 0 aliphatic heterocycles. The van der Waals surface area contributed by atoms with Crippen LogP contribution >= 0.6 is 140 Å². The van der Waals surface area contributed by atoms with E-state index in [1.165, 1.54) is 0 Å². The maximum atomic E-state index is 6.30. The van der Waals surface area contributed by atoms with Crippen LogP contribution < -0.4 is 9.44 Å². The Bertz CT molecular complexity index is 1190. The number of benzene rings is 3. The zero-order chi connectivity index (χ0) is 24.6. The lowest BCUT2D eigenvalue weighted by Gasteiger charge is -2.16. The van der Waals surface area contributed by atoms with Crippen LogP contribution in [0.5, 0.6) is 0 Å². The van der Waals surface area contributed by atoms with Gasteiger partial charge in [-0.3, -0.25) is 0 Å². The van der Waals surface area contributed by atoms with Gasteiger partial charge in [0.25, 0.3) is 0 Å². The van der Waals surface area contributed by atoms with E-state index in [9.17, 15) is 0 Å². The molecular weight excluding hydrogens is 675 g/mol. The molecule has 0 aromatic heterocycles. The molecule has 0 saturated carbocycles. The average molecular weight is 683 g/mol. The first-order chi connectivity index (χ1) is 15.5. The van der Waals surface area contributed by atoms with Crippen LogP contribution in [-0.4, -0.2) is 0 Å². The zero-order valence-electron chi connectivity index (χ0n) is 15.8. The molecule has 3 aromatic carbocycles. The summed E-state index contributed by atoms with van der Waals surface area (Å²) < 4.78 is 6.36. The van der Waals surface area contributed by atoms with Crippen molar-refractivity contribution in [1.29, 1.82) is 0 Å². The minimum atomic E-state index is 0.0938. The van der Waals surface area contributed by atoms with Gasteiger partial charge in [-0.05, 0) is 48.5 Å². The highest BCUT2D eigenvalue weighted by Gasteiger charge is 2.21. The lowest BCUT2D eigenvalue weighted by atomic mass is 10.2. The van der Waals surface area contributed by atoms with Crippen LogP contribution in [0.1, 0.15) is 5.56 Å². The van der Waals surface area contributed by atoms with Gasteiger partial charge in [0.2, 0.25) is 0 Å². The summed E-state index contributed by atoms with van der Waals surface area (Å²) in [6, 6.07) is 5.63. The fourth-order valence-electron chi connectivity index (χ4n) is 2.36. The number of rotatable bonds is 6. The Morgan fingerprint density at radius 2 is 0.879 bits per heavy atom. The molecule has 0 unspecified atom stereocenters. The van der Waals surface area contributed by atoms with Crippen molar-refractivity contribution in [3.63, 3.8) is 0 Å². The highest BCUT2D eigenvalue weighted by molar-refractivity contribution is 8.01. The molecule has 0 fully saturated rings. The van der Waals surface area contributed by atoms with Gasteiger partial charge in [-0.15, -0.1) is 0 Å². The number of hydrogen-bond donors (Lipinski definition) is 2. The number of aryl methyl sites for hydroxylation is 1. The topological polar surface area (TPSA) is 24.1 Å². The Morgan fingerprint density at radius 3 is 1.30 bits per heavy atom. The second-order valence-corrected chi connectivity index (χ2v) is 11.6. The van der Waals surface area contributed by atoms with E-state index in [1.54, 1.807) is 0 Å². The molecule has 2 N–H and O–H groups in total. The van der Waals surface area contributed by atoms with Gasteiger partial charge < -0.3 is 9.44 Å². The van der Waals surface area contributed by atoms with Crippen LogP contribution in [0.25, 0.3) is 0 Å². The van der Waals surface area contributed by atoms with E-state index in [2.05, 4.69) is 9.44 Å². The molecule has 2 nitrogen and oxygen atoms in total. The Kier molecular flexibility index (Phi) is 10.3. The predicted molar refractivity (Wildman–Crippen MR) is 153 cm³/mol. The van der Waals surface area contributed by atoms with E-state index in [-0.39, 0.29) is 50.2 Å². The highest BCUT2D eigenvalue weighted by atomic mass is 35.5. The average Bonchev–Trinajstić information content (AvgIpc) is 2.80. The van der Waals surface area contributed by atoms with E-state index in [1.807, 2.05) is 25.1 Å². The molecule has 0 atom stereocenters. The van der Waals surface area contributed by atoms with Crippen molar-refractivity contribution in [2.75, 3.05) is 9.44 Å². The third kappa shape index (κ3) is 6.06. The minimum absolute atomic E-state index is 0.0938. The van der Waals surface area contributed by atoms with Crippen molar-refractivity contribution in [1.82, 2.24) is 0 Å². The number of anilines is 2. The summed E-state index contributed by atoms with van der Waals surface area (Å²) in [6.45, 7) is 1.93. The first-order valence-corrected chi connectivity index (χ1v) is 13.9. The Hall–Kier alpha value is 0.860. The van der Waals surface area contributed by atoms with Crippen molar-refractivity contribution in [2.24, 2.45) is 0 Å². The lowest BCUT2D eigenvalue weighted by Crippen LogP contribution is -1.95. The first-order valence-electron chi connectivity index (χ1n) is 8.44. The molecule has 33 heavy (non-hydrogen) atoms. The third-order valence-electron chi connectivity index (χ3n) is 4.11. The van der Waals surface area contributed by atoms with E-state index in [0.717, 1.165) is 40.8 Å². The van der Waals surface area contributed by atoms with Crippen LogP contribution in [0.4, 0.5) is 11.4 Å². The Balaban J connectivity index is 1.82. The van der Waals surface area contributed by atoms with E-state index in [4.69, 9.17) is 116 Å². The van der Waals surface area contributed by atoms with Crippen LogP contribution in [0.2, 0.25) is 50.2 Å². The summed E-state index contributed by atoms with van der Waals surface area (Å²) in [4.78, 5) is 0.875. The molecule has 3 rings (SSSR count). The summed E-state index contributed by atoms with van der Waals surface area (Å²) in [6.07, 6.45) is 0. The monoisotopic (exact) mass is 678 g/mol. The van der Waals surface area contributed by atoms with Crippen molar-refractivity contribution in [3.05, 3.63) is 74.0 Å². The molecule has 0 bridgehead atoms. The number of hydrogen-bond acceptors (Lipinski definition) is 4. The molecule has 3 aromatic rings.